The molecule has 0 atom stereocenters. The Morgan fingerprint density at radius 2 is 1.76 bits per heavy atom. The first-order valence-electron chi connectivity index (χ1n) is 11.8. The maximum atomic E-state index is 13.7. The van der Waals surface area contributed by atoms with Crippen LogP contribution in [-0.4, -0.2) is 16.8 Å². The number of carbonyl (C=O) groups is 2. The van der Waals surface area contributed by atoms with Crippen LogP contribution >= 0.6 is 22.7 Å². The number of aryl methyl sites for hydroxylation is 3. The fourth-order valence-corrected chi connectivity index (χ4v) is 6.23. The van der Waals surface area contributed by atoms with Gasteiger partial charge in [-0.3, -0.25) is 9.59 Å². The number of nitrogens with zero attached hydrogens (tertiary/aromatic N) is 1. The number of nitrogens with two attached hydrogens (primary N) is 1. The molecule has 0 radical (unpaired) electrons. The van der Waals surface area contributed by atoms with Crippen LogP contribution < -0.4 is 16.4 Å². The Hall–Kier alpha value is -4.01. The number of hydrogen-bond donors (Lipinski definition) is 3. The van der Waals surface area contributed by atoms with Crippen LogP contribution in [0.25, 0.3) is 20.7 Å². The Balaban J connectivity index is 1.59. The average Bonchev–Trinajstić information content (AvgIpc) is 3.52. The first-order chi connectivity index (χ1) is 17.8. The van der Waals surface area contributed by atoms with Gasteiger partial charge in [0.15, 0.2) is 0 Å². The minimum Gasteiger partial charge on any atom is -0.397 e. The van der Waals surface area contributed by atoms with E-state index in [1.165, 1.54) is 22.7 Å². The summed E-state index contributed by atoms with van der Waals surface area (Å²) < 4.78 is 0. The van der Waals surface area contributed by atoms with E-state index < -0.39 is 0 Å². The molecule has 0 spiro atoms. The lowest BCUT2D eigenvalue weighted by atomic mass is 9.99. The molecule has 6 nitrogen and oxygen atoms in total. The number of pyridine rings is 1. The van der Waals surface area contributed by atoms with Crippen LogP contribution in [0, 0.1) is 20.8 Å². The molecule has 186 valence electrons. The largest absolute Gasteiger partial charge is 0.397 e. The molecule has 3 heterocycles. The molecular formula is C29H26N4O2S2. The van der Waals surface area contributed by atoms with Gasteiger partial charge in [0.05, 0.1) is 16.9 Å². The van der Waals surface area contributed by atoms with Crippen LogP contribution in [0.5, 0.6) is 0 Å². The second-order valence-corrected chi connectivity index (χ2v) is 10.8. The van der Waals surface area contributed by atoms with Gasteiger partial charge in [-0.25, -0.2) is 4.98 Å². The predicted octanol–water partition coefficient (Wildman–Crippen LogP) is 6.71. The van der Waals surface area contributed by atoms with Gasteiger partial charge >= 0.3 is 0 Å². The summed E-state index contributed by atoms with van der Waals surface area (Å²) in [5, 5.41) is 8.60. The van der Waals surface area contributed by atoms with Crippen LogP contribution in [0.1, 0.15) is 42.4 Å². The lowest BCUT2D eigenvalue weighted by Crippen LogP contribution is -2.22. The Morgan fingerprint density at radius 1 is 0.973 bits per heavy atom. The monoisotopic (exact) mass is 526 g/mol. The zero-order chi connectivity index (χ0) is 26.1. The Kier molecular flexibility index (Phi) is 6.78. The molecular weight excluding hydrogens is 500 g/mol. The highest BCUT2D eigenvalue weighted by atomic mass is 32.1. The van der Waals surface area contributed by atoms with Gasteiger partial charge in [-0.2, -0.15) is 0 Å². The summed E-state index contributed by atoms with van der Waals surface area (Å²) in [4.78, 5) is 33.5. The lowest BCUT2D eigenvalue weighted by Gasteiger charge is -2.15. The molecule has 2 aromatic carbocycles. The molecule has 5 aromatic rings. The van der Waals surface area contributed by atoms with Crippen molar-refractivity contribution in [3.63, 3.8) is 0 Å². The minimum atomic E-state index is -0.264. The highest BCUT2D eigenvalue weighted by Crippen LogP contribution is 2.43. The molecule has 0 saturated heterocycles. The summed E-state index contributed by atoms with van der Waals surface area (Å²) in [6.07, 6.45) is 0. The van der Waals surface area contributed by atoms with Crippen LogP contribution in [0.15, 0.2) is 66.0 Å². The van der Waals surface area contributed by atoms with E-state index in [9.17, 15) is 9.59 Å². The summed E-state index contributed by atoms with van der Waals surface area (Å²) in [5.41, 5.74) is 12.5. The van der Waals surface area contributed by atoms with Crippen LogP contribution in [-0.2, 0) is 6.54 Å². The van der Waals surface area contributed by atoms with Gasteiger partial charge in [-0.15, -0.1) is 22.7 Å². The van der Waals surface area contributed by atoms with E-state index >= 15 is 0 Å². The van der Waals surface area contributed by atoms with Crippen molar-refractivity contribution in [1.82, 2.24) is 10.3 Å². The number of benzene rings is 2. The van der Waals surface area contributed by atoms with Crippen molar-refractivity contribution in [2.75, 3.05) is 11.1 Å². The van der Waals surface area contributed by atoms with Gasteiger partial charge in [0.2, 0.25) is 0 Å². The van der Waals surface area contributed by atoms with E-state index in [4.69, 9.17) is 10.7 Å². The smallest absolute Gasteiger partial charge is 0.263 e. The highest BCUT2D eigenvalue weighted by molar-refractivity contribution is 7.21. The van der Waals surface area contributed by atoms with Crippen molar-refractivity contribution in [2.45, 2.75) is 27.3 Å². The van der Waals surface area contributed by atoms with E-state index in [-0.39, 0.29) is 11.8 Å². The van der Waals surface area contributed by atoms with E-state index in [0.717, 1.165) is 27.3 Å². The number of carbonyl (C=O) groups excluding carboxylic acids is 2. The zero-order valence-electron chi connectivity index (χ0n) is 20.7. The van der Waals surface area contributed by atoms with E-state index in [2.05, 4.69) is 10.6 Å². The second kappa shape index (κ2) is 10.2. The Bertz CT molecular complexity index is 1620. The van der Waals surface area contributed by atoms with Crippen molar-refractivity contribution in [3.8, 4) is 10.4 Å². The number of thiophene rings is 2. The van der Waals surface area contributed by atoms with Crippen LogP contribution in [0.2, 0.25) is 0 Å². The standard InChI is InChI=1S/C29H26N4O2S2/c1-16-11-12-20(17(2)14-16)33-27(34)22-18(3)32-29-24(23(22)21-10-7-13-36-21)25(30)26(37-29)28(35)31-15-19-8-5-4-6-9-19/h4-14H,15,30H2,1-3H3,(H,31,35)(H,33,34). The highest BCUT2D eigenvalue weighted by Gasteiger charge is 2.27. The molecule has 3 aromatic heterocycles. The molecule has 0 aliphatic rings. The number of rotatable bonds is 6. The van der Waals surface area contributed by atoms with Crippen molar-refractivity contribution in [1.29, 1.82) is 0 Å². The molecule has 0 saturated carbocycles. The van der Waals surface area contributed by atoms with Crippen molar-refractivity contribution in [3.05, 3.63) is 98.9 Å². The normalized spacial score (nSPS) is 11.0. The number of fused-ring (bicyclic) bond motifs is 1. The molecule has 8 heteroatoms. The number of nitrogens with one attached hydrogen (secondary N) is 2. The molecule has 0 aliphatic heterocycles. The van der Waals surface area contributed by atoms with Crippen molar-refractivity contribution in [2.24, 2.45) is 0 Å². The van der Waals surface area contributed by atoms with Crippen molar-refractivity contribution < 1.29 is 9.59 Å². The van der Waals surface area contributed by atoms with Crippen LogP contribution in [0.3, 0.4) is 0 Å². The average molecular weight is 527 g/mol. The first-order valence-corrected chi connectivity index (χ1v) is 13.5. The third-order valence-electron chi connectivity index (χ3n) is 6.18. The third kappa shape index (κ3) is 4.85. The van der Waals surface area contributed by atoms with E-state index in [1.807, 2.05) is 86.8 Å². The molecule has 0 bridgehead atoms. The Morgan fingerprint density at radius 3 is 2.46 bits per heavy atom. The number of anilines is 2. The molecule has 0 fully saturated rings. The quantitative estimate of drug-likeness (QED) is 0.229. The van der Waals surface area contributed by atoms with Gasteiger partial charge < -0.3 is 16.4 Å². The summed E-state index contributed by atoms with van der Waals surface area (Å²) in [7, 11) is 0. The number of aromatic nitrogens is 1. The van der Waals surface area contributed by atoms with Crippen LogP contribution in [0.4, 0.5) is 11.4 Å². The Labute approximate surface area is 223 Å². The molecule has 4 N–H and O–H groups in total. The zero-order valence-corrected chi connectivity index (χ0v) is 22.3. The maximum Gasteiger partial charge on any atom is 0.263 e. The SMILES string of the molecule is Cc1ccc(NC(=O)c2c(C)nc3sc(C(=O)NCc4ccccc4)c(N)c3c2-c2cccs2)c(C)c1. The fourth-order valence-electron chi connectivity index (χ4n) is 4.38. The number of nitrogen functional groups attached to an aromatic ring is 1. The molecule has 0 aliphatic carbocycles. The van der Waals surface area contributed by atoms with E-state index in [0.29, 0.717) is 44.1 Å². The second-order valence-electron chi connectivity index (χ2n) is 8.89. The fraction of sp³-hybridized carbons (Fsp3) is 0.138. The summed E-state index contributed by atoms with van der Waals surface area (Å²) in [6, 6.07) is 19.5. The third-order valence-corrected chi connectivity index (χ3v) is 8.17. The minimum absolute atomic E-state index is 0.261. The lowest BCUT2D eigenvalue weighted by molar-refractivity contribution is 0.0955. The summed E-state index contributed by atoms with van der Waals surface area (Å²) in [6.45, 7) is 6.19. The maximum absolute atomic E-state index is 13.7. The van der Waals surface area contributed by atoms with Gasteiger partial charge in [0.1, 0.15) is 9.71 Å². The number of amides is 2. The van der Waals surface area contributed by atoms with Gasteiger partial charge in [-0.05, 0) is 49.4 Å². The van der Waals surface area contributed by atoms with Gasteiger partial charge in [-0.1, -0.05) is 54.1 Å². The van der Waals surface area contributed by atoms with Gasteiger partial charge in [0, 0.05) is 28.1 Å². The van der Waals surface area contributed by atoms with E-state index in [1.54, 1.807) is 0 Å². The topological polar surface area (TPSA) is 97.1 Å². The molecule has 2 amide bonds. The summed E-state index contributed by atoms with van der Waals surface area (Å²) in [5.74, 6) is -0.525. The number of hydrogen-bond acceptors (Lipinski definition) is 6. The first kappa shape index (κ1) is 24.7. The van der Waals surface area contributed by atoms with Gasteiger partial charge in [0.25, 0.3) is 11.8 Å². The molecule has 37 heavy (non-hydrogen) atoms. The molecule has 0 unspecified atom stereocenters. The molecule has 5 rings (SSSR count). The van der Waals surface area contributed by atoms with Crippen molar-refractivity contribution >= 4 is 56.1 Å². The summed E-state index contributed by atoms with van der Waals surface area (Å²) >= 11 is 2.76. The predicted molar refractivity (Wildman–Crippen MR) is 154 cm³/mol.